The summed E-state index contributed by atoms with van der Waals surface area (Å²) in [5.74, 6) is -4.00. The Morgan fingerprint density at radius 1 is 0.925 bits per heavy atom. The van der Waals surface area contributed by atoms with Gasteiger partial charge in [-0.25, -0.2) is 0 Å². The first kappa shape index (κ1) is 46.9. The van der Waals surface area contributed by atoms with Crippen molar-refractivity contribution in [2.75, 3.05) is 34.7 Å². The number of aromatic nitrogens is 1. The van der Waals surface area contributed by atoms with Gasteiger partial charge in [-0.2, -0.15) is 4.73 Å². The third kappa shape index (κ3) is 7.47. The topological polar surface area (TPSA) is 250 Å². The number of nitrogens with one attached hydrogen (secondary N) is 1. The number of epoxide rings is 2. The van der Waals surface area contributed by atoms with Crippen molar-refractivity contribution in [2.24, 2.45) is 0 Å². The number of carboxylic acids is 1. The van der Waals surface area contributed by atoms with Crippen LogP contribution in [0.25, 0.3) is 11.0 Å². The van der Waals surface area contributed by atoms with Crippen molar-refractivity contribution in [1.82, 2.24) is 19.8 Å². The van der Waals surface area contributed by atoms with E-state index in [1.54, 1.807) is 39.8 Å². The average molecular weight is 929 g/mol. The van der Waals surface area contributed by atoms with Crippen molar-refractivity contribution >= 4 is 28.6 Å². The lowest BCUT2D eigenvalue weighted by molar-refractivity contribution is -0.176. The molecule has 5 aliphatic rings. The Bertz CT molecular complexity index is 2760. The van der Waals surface area contributed by atoms with E-state index in [1.165, 1.54) is 18.2 Å². The number of rotatable bonds is 11. The van der Waals surface area contributed by atoms with Crippen LogP contribution in [-0.4, -0.2) is 147 Å². The number of ether oxygens (including phenoxy) is 4. The van der Waals surface area contributed by atoms with E-state index in [1.807, 2.05) is 51.8 Å². The number of nitrogens with zero attached hydrogens (tertiary/aromatic N) is 3. The SMILES string of the molecule is Cc1cc2c(c3oc([C@@]4(C)O[C@@H]4[C@H]4O[C@@H]4C)cc(=O)c13)[C@@H](c1ccc(C(=O)NCCC(=O)O)n1O)c1c(O)c([C@H]3C[C@](C)(N(C)C)[C@H](O)[C@@H](C)O3)cc([C@H]3C[C@H](N(C)C)[C@H](O)[C@@H](C)O3)c1C2=O. The lowest BCUT2D eigenvalue weighted by atomic mass is 9.70. The molecule has 6 N–H and O–H groups in total. The van der Waals surface area contributed by atoms with E-state index in [2.05, 4.69) is 5.32 Å². The zero-order valence-corrected chi connectivity index (χ0v) is 39.3. The third-order valence-corrected chi connectivity index (χ3v) is 15.3. The molecule has 0 unspecified atom stereocenters. The maximum absolute atomic E-state index is 15.7. The monoisotopic (exact) mass is 928 g/mol. The standard InChI is InChI=1S/C49H60N4O14/c1-20-15-26-37(44-35(20)30(54)18-33(66-44)49(6)46(67-49)43-22(3)65-43)38(27-11-12-28(53(27)62)47(61)50-14-13-34(55)56)39-36(42(26)59)24(31-17-29(51(7)8)40(57)21(2)63-31)16-25(41(39)58)32-19-48(5,52(9)10)45(60)23(4)64-32/h11-12,15-16,18,21-23,29,31-32,38,40,43,45-46,57-58,60,62H,13-14,17,19H2,1-10H3,(H,50,61)(H,55,56)/t21-,22-,23-,29+,31-,32-,38-,40-,43+,45-,46-,48+,49-/m1/s1. The number of aliphatic carboxylic acids is 1. The van der Waals surface area contributed by atoms with Crippen LogP contribution in [0.4, 0.5) is 0 Å². The Morgan fingerprint density at radius 3 is 2.25 bits per heavy atom. The molecule has 360 valence electrons. The number of phenols is 1. The molecule has 4 fully saturated rings. The number of carbonyl (C=O) groups is 3. The maximum atomic E-state index is 15.7. The summed E-state index contributed by atoms with van der Waals surface area (Å²) < 4.78 is 32.5. The minimum atomic E-state index is -1.34. The average Bonchev–Trinajstić information content (AvgIpc) is 4.13. The van der Waals surface area contributed by atoms with Crippen LogP contribution < -0.4 is 10.7 Å². The first-order chi connectivity index (χ1) is 31.5. The number of carboxylic acid groups (broad SMARTS) is 1. The molecule has 4 saturated heterocycles. The van der Waals surface area contributed by atoms with Gasteiger partial charge < -0.3 is 64.1 Å². The van der Waals surface area contributed by atoms with Crippen molar-refractivity contribution in [2.45, 2.75) is 139 Å². The number of likely N-dealkylation sites (N-methyl/N-ethyl adjacent to an activating group) is 2. The largest absolute Gasteiger partial charge is 0.507 e. The Morgan fingerprint density at radius 2 is 1.61 bits per heavy atom. The van der Waals surface area contributed by atoms with Crippen molar-refractivity contribution in [3.63, 3.8) is 0 Å². The van der Waals surface area contributed by atoms with Gasteiger partial charge in [0.05, 0.1) is 66.1 Å². The number of aromatic hydroxyl groups is 1. The molecular formula is C49H60N4O14. The lowest BCUT2D eigenvalue weighted by Gasteiger charge is -2.49. The zero-order chi connectivity index (χ0) is 48.5. The Balaban J connectivity index is 1.34. The summed E-state index contributed by atoms with van der Waals surface area (Å²) in [5.41, 5.74) is -1.28. The number of aryl methyl sites for hydroxylation is 1. The van der Waals surface area contributed by atoms with Crippen molar-refractivity contribution in [1.29, 1.82) is 0 Å². The lowest BCUT2D eigenvalue weighted by Crippen LogP contribution is -2.59. The smallest absolute Gasteiger partial charge is 0.305 e. The first-order valence-corrected chi connectivity index (χ1v) is 22.8. The molecule has 1 amide bonds. The van der Waals surface area contributed by atoms with Crippen LogP contribution in [0.1, 0.15) is 138 Å². The summed E-state index contributed by atoms with van der Waals surface area (Å²) in [7, 11) is 7.38. The molecule has 67 heavy (non-hydrogen) atoms. The number of hydrogen-bond acceptors (Lipinski definition) is 15. The summed E-state index contributed by atoms with van der Waals surface area (Å²) >= 11 is 0. The van der Waals surface area contributed by atoms with Gasteiger partial charge in [0.1, 0.15) is 35.0 Å². The van der Waals surface area contributed by atoms with Gasteiger partial charge in [0.15, 0.2) is 16.8 Å². The second-order valence-corrected chi connectivity index (χ2v) is 19.9. The molecular weight excluding hydrogens is 869 g/mol. The van der Waals surface area contributed by atoms with Crippen molar-refractivity contribution < 1.29 is 63.4 Å². The van der Waals surface area contributed by atoms with E-state index < -0.39 is 88.9 Å². The van der Waals surface area contributed by atoms with Gasteiger partial charge in [0.25, 0.3) is 5.91 Å². The molecule has 2 aromatic heterocycles. The molecule has 6 heterocycles. The Kier molecular flexibility index (Phi) is 11.6. The van der Waals surface area contributed by atoms with Gasteiger partial charge in [-0.1, -0.05) is 0 Å². The minimum absolute atomic E-state index is 0.00549. The number of fused-ring (bicyclic) bond motifs is 4. The highest BCUT2D eigenvalue weighted by Crippen LogP contribution is 2.56. The highest BCUT2D eigenvalue weighted by molar-refractivity contribution is 6.17. The predicted molar refractivity (Wildman–Crippen MR) is 240 cm³/mol. The third-order valence-electron chi connectivity index (χ3n) is 15.3. The molecule has 18 nitrogen and oxygen atoms in total. The van der Waals surface area contributed by atoms with Crippen molar-refractivity contribution in [3.05, 3.63) is 96.6 Å². The van der Waals surface area contributed by atoms with Gasteiger partial charge in [0.2, 0.25) is 0 Å². The van der Waals surface area contributed by atoms with Crippen LogP contribution in [-0.2, 0) is 29.3 Å². The number of aliphatic hydroxyl groups is 2. The van der Waals surface area contributed by atoms with E-state index in [0.29, 0.717) is 15.9 Å². The normalized spacial score (nSPS) is 33.5. The van der Waals surface area contributed by atoms with Gasteiger partial charge >= 0.3 is 5.97 Å². The molecule has 0 bridgehead atoms. The fraction of sp³-hybridized carbons (Fsp3) is 0.551. The van der Waals surface area contributed by atoms with Crippen LogP contribution in [0.15, 0.2) is 39.5 Å². The molecule has 0 saturated carbocycles. The minimum Gasteiger partial charge on any atom is -0.507 e. The van der Waals surface area contributed by atoms with E-state index in [0.717, 1.165) is 0 Å². The maximum Gasteiger partial charge on any atom is 0.305 e. The summed E-state index contributed by atoms with van der Waals surface area (Å²) in [6.07, 6.45) is -5.62. The van der Waals surface area contributed by atoms with Gasteiger partial charge in [-0.3, -0.25) is 19.2 Å². The second kappa shape index (κ2) is 16.5. The summed E-state index contributed by atoms with van der Waals surface area (Å²) in [5, 5.41) is 60.1. The first-order valence-electron chi connectivity index (χ1n) is 22.8. The zero-order valence-electron chi connectivity index (χ0n) is 39.3. The molecule has 13 atom stereocenters. The van der Waals surface area contributed by atoms with Crippen LogP contribution >= 0.6 is 0 Å². The quantitative estimate of drug-likeness (QED) is 0.0813. The van der Waals surface area contributed by atoms with Crippen LogP contribution in [0.2, 0.25) is 0 Å². The van der Waals surface area contributed by atoms with Crippen molar-refractivity contribution in [3.8, 4) is 5.75 Å². The molecule has 18 heteroatoms. The Hall–Kier alpha value is -5.18. The number of amides is 1. The Labute approximate surface area is 386 Å². The number of benzene rings is 2. The number of hydrogen-bond donors (Lipinski definition) is 6. The molecule has 4 aliphatic heterocycles. The summed E-state index contributed by atoms with van der Waals surface area (Å²) in [6.45, 7) is 10.6. The van der Waals surface area contributed by atoms with E-state index in [9.17, 15) is 40.0 Å². The highest BCUT2D eigenvalue weighted by atomic mass is 16.7. The fourth-order valence-corrected chi connectivity index (χ4v) is 10.9. The summed E-state index contributed by atoms with van der Waals surface area (Å²) in [6, 6.07) is 7.06. The number of ketones is 1. The van der Waals surface area contributed by atoms with Crippen LogP contribution in [0.3, 0.4) is 0 Å². The number of carbonyl (C=O) groups excluding carboxylic acids is 2. The van der Waals surface area contributed by atoms with Gasteiger partial charge in [-0.05, 0) is 118 Å². The molecule has 0 radical (unpaired) electrons. The highest BCUT2D eigenvalue weighted by Gasteiger charge is 2.66. The van der Waals surface area contributed by atoms with Gasteiger partial charge in [0, 0.05) is 52.0 Å². The molecule has 9 rings (SSSR count). The number of phenolic OH excluding ortho intramolecular Hbond substituents is 1. The number of aliphatic hydroxyl groups excluding tert-OH is 2. The fourth-order valence-electron chi connectivity index (χ4n) is 10.9. The predicted octanol–water partition coefficient (Wildman–Crippen LogP) is 3.85. The summed E-state index contributed by atoms with van der Waals surface area (Å²) in [4.78, 5) is 58.9. The molecule has 4 aromatic rings. The van der Waals surface area contributed by atoms with E-state index >= 15 is 4.79 Å². The van der Waals surface area contributed by atoms with E-state index in [4.69, 9.17) is 23.4 Å². The van der Waals surface area contributed by atoms with Crippen LogP contribution in [0, 0.1) is 6.92 Å². The molecule has 2 aromatic carbocycles. The molecule has 1 aliphatic carbocycles. The second-order valence-electron chi connectivity index (χ2n) is 19.9. The van der Waals surface area contributed by atoms with Crippen LogP contribution in [0.5, 0.6) is 5.75 Å². The van der Waals surface area contributed by atoms with E-state index in [-0.39, 0.29) is 99.7 Å². The molecule has 0 spiro atoms. The van der Waals surface area contributed by atoms with Gasteiger partial charge in [-0.15, -0.1) is 0 Å².